The van der Waals surface area contributed by atoms with Crippen LogP contribution in [0.1, 0.15) is 57.0 Å². The van der Waals surface area contributed by atoms with E-state index in [1.807, 2.05) is 32.9 Å². The minimum absolute atomic E-state index is 0. The van der Waals surface area contributed by atoms with Gasteiger partial charge in [0.2, 0.25) is 5.91 Å². The SMILES string of the molecule is CC(C)CC(C)(CN)NC(=O)c1ccc(CN(C)C(=O)C(C)C)cc1.Cl. The van der Waals surface area contributed by atoms with Crippen molar-refractivity contribution in [2.75, 3.05) is 13.6 Å². The summed E-state index contributed by atoms with van der Waals surface area (Å²) in [6.45, 7) is 10.9. The maximum Gasteiger partial charge on any atom is 0.251 e. The number of hydrogen-bond acceptors (Lipinski definition) is 3. The van der Waals surface area contributed by atoms with Gasteiger partial charge < -0.3 is 16.0 Å². The Morgan fingerprint density at radius 2 is 1.69 bits per heavy atom. The fourth-order valence-corrected chi connectivity index (χ4v) is 2.99. The quantitative estimate of drug-likeness (QED) is 0.723. The summed E-state index contributed by atoms with van der Waals surface area (Å²) in [6, 6.07) is 7.37. The average Bonchev–Trinajstić information content (AvgIpc) is 2.53. The Balaban J connectivity index is 0.00000625. The molecule has 148 valence electrons. The lowest BCUT2D eigenvalue weighted by Crippen LogP contribution is -2.52. The molecule has 26 heavy (non-hydrogen) atoms. The number of nitrogens with two attached hydrogens (primary N) is 1. The first-order valence-electron chi connectivity index (χ1n) is 8.94. The highest BCUT2D eigenvalue weighted by Crippen LogP contribution is 2.17. The van der Waals surface area contributed by atoms with Crippen LogP contribution in [0.4, 0.5) is 0 Å². The molecule has 6 heteroatoms. The van der Waals surface area contributed by atoms with Gasteiger partial charge in [0.1, 0.15) is 0 Å². The van der Waals surface area contributed by atoms with Gasteiger partial charge in [-0.05, 0) is 37.0 Å². The number of carbonyl (C=O) groups excluding carboxylic acids is 2. The van der Waals surface area contributed by atoms with Crippen molar-refractivity contribution in [3.63, 3.8) is 0 Å². The van der Waals surface area contributed by atoms with Gasteiger partial charge in [-0.1, -0.05) is 39.8 Å². The molecule has 2 amide bonds. The summed E-state index contributed by atoms with van der Waals surface area (Å²) in [4.78, 5) is 26.2. The Labute approximate surface area is 164 Å². The summed E-state index contributed by atoms with van der Waals surface area (Å²) < 4.78 is 0. The van der Waals surface area contributed by atoms with E-state index in [2.05, 4.69) is 19.2 Å². The molecule has 0 saturated heterocycles. The molecule has 1 rings (SSSR count). The zero-order valence-corrected chi connectivity index (χ0v) is 17.7. The molecule has 1 aromatic rings. The van der Waals surface area contributed by atoms with E-state index in [1.165, 1.54) is 0 Å². The smallest absolute Gasteiger partial charge is 0.251 e. The number of amides is 2. The van der Waals surface area contributed by atoms with Gasteiger partial charge in [0.25, 0.3) is 5.91 Å². The molecule has 0 fully saturated rings. The van der Waals surface area contributed by atoms with Crippen LogP contribution in [0.25, 0.3) is 0 Å². The van der Waals surface area contributed by atoms with E-state index in [-0.39, 0.29) is 30.1 Å². The number of benzene rings is 1. The molecule has 0 radical (unpaired) electrons. The highest BCUT2D eigenvalue weighted by molar-refractivity contribution is 5.94. The summed E-state index contributed by atoms with van der Waals surface area (Å²) in [6.07, 6.45) is 0.829. The minimum atomic E-state index is -0.409. The molecule has 0 heterocycles. The highest BCUT2D eigenvalue weighted by atomic mass is 35.5. The van der Waals surface area contributed by atoms with Crippen LogP contribution in [0, 0.1) is 11.8 Å². The van der Waals surface area contributed by atoms with Gasteiger partial charge in [0, 0.05) is 37.2 Å². The van der Waals surface area contributed by atoms with Crippen LogP contribution in [0.5, 0.6) is 0 Å². The number of nitrogens with one attached hydrogen (secondary N) is 1. The Morgan fingerprint density at radius 3 is 2.12 bits per heavy atom. The van der Waals surface area contributed by atoms with Crippen LogP contribution in [0.3, 0.4) is 0 Å². The average molecular weight is 384 g/mol. The molecule has 1 unspecified atom stereocenters. The third kappa shape index (κ3) is 7.34. The monoisotopic (exact) mass is 383 g/mol. The van der Waals surface area contributed by atoms with E-state index in [9.17, 15) is 9.59 Å². The zero-order chi connectivity index (χ0) is 19.2. The molecule has 0 saturated carbocycles. The maximum atomic E-state index is 12.5. The van der Waals surface area contributed by atoms with Crippen molar-refractivity contribution < 1.29 is 9.59 Å². The number of carbonyl (C=O) groups is 2. The lowest BCUT2D eigenvalue weighted by molar-refractivity contribution is -0.133. The third-order valence-corrected chi connectivity index (χ3v) is 4.23. The molecule has 1 atom stereocenters. The van der Waals surface area contributed by atoms with Crippen molar-refractivity contribution in [1.29, 1.82) is 0 Å². The minimum Gasteiger partial charge on any atom is -0.346 e. The van der Waals surface area contributed by atoms with Crippen molar-refractivity contribution in [3.05, 3.63) is 35.4 Å². The normalized spacial score (nSPS) is 13.1. The predicted molar refractivity (Wildman–Crippen MR) is 109 cm³/mol. The Bertz CT molecular complexity index is 587. The van der Waals surface area contributed by atoms with Crippen molar-refractivity contribution >= 4 is 24.2 Å². The van der Waals surface area contributed by atoms with Crippen molar-refractivity contribution in [3.8, 4) is 0 Å². The summed E-state index contributed by atoms with van der Waals surface area (Å²) in [5.41, 5.74) is 7.05. The van der Waals surface area contributed by atoms with Gasteiger partial charge in [-0.15, -0.1) is 12.4 Å². The molecular weight excluding hydrogens is 350 g/mol. The van der Waals surface area contributed by atoms with Crippen molar-refractivity contribution in [2.24, 2.45) is 17.6 Å². The van der Waals surface area contributed by atoms with Gasteiger partial charge >= 0.3 is 0 Å². The van der Waals surface area contributed by atoms with E-state index in [0.29, 0.717) is 24.6 Å². The Morgan fingerprint density at radius 1 is 1.15 bits per heavy atom. The molecule has 0 aliphatic rings. The second-order valence-corrected chi connectivity index (χ2v) is 7.86. The van der Waals surface area contributed by atoms with Crippen molar-refractivity contribution in [1.82, 2.24) is 10.2 Å². The Hall–Kier alpha value is -1.59. The van der Waals surface area contributed by atoms with Gasteiger partial charge in [-0.2, -0.15) is 0 Å². The molecular formula is C20H34ClN3O2. The van der Waals surface area contributed by atoms with E-state index in [0.717, 1.165) is 12.0 Å². The van der Waals surface area contributed by atoms with Crippen LogP contribution in [0.15, 0.2) is 24.3 Å². The van der Waals surface area contributed by atoms with Crippen LogP contribution in [-0.4, -0.2) is 35.8 Å². The lowest BCUT2D eigenvalue weighted by atomic mass is 9.90. The summed E-state index contributed by atoms with van der Waals surface area (Å²) in [5.74, 6) is 0.413. The third-order valence-electron chi connectivity index (χ3n) is 4.23. The standard InChI is InChI=1S/C20H33N3O2.ClH/c1-14(2)11-20(5,13-21)22-18(24)17-9-7-16(8-10-17)12-23(6)19(25)15(3)4;/h7-10,14-15H,11-13,21H2,1-6H3,(H,22,24);1H. The van der Waals surface area contributed by atoms with Gasteiger partial charge in [0.15, 0.2) is 0 Å². The molecule has 0 spiro atoms. The van der Waals surface area contributed by atoms with Gasteiger partial charge in [-0.3, -0.25) is 9.59 Å². The number of nitrogens with zero attached hydrogens (tertiary/aromatic N) is 1. The summed E-state index contributed by atoms with van der Waals surface area (Å²) in [7, 11) is 1.79. The molecule has 0 aromatic heterocycles. The first kappa shape index (κ1) is 24.4. The fourth-order valence-electron chi connectivity index (χ4n) is 2.99. The van der Waals surface area contributed by atoms with E-state index in [4.69, 9.17) is 5.73 Å². The second kappa shape index (κ2) is 10.5. The van der Waals surface area contributed by atoms with Gasteiger partial charge in [-0.25, -0.2) is 0 Å². The van der Waals surface area contributed by atoms with E-state index < -0.39 is 5.54 Å². The highest BCUT2D eigenvalue weighted by Gasteiger charge is 2.26. The molecule has 0 aliphatic heterocycles. The topological polar surface area (TPSA) is 75.4 Å². The van der Waals surface area contributed by atoms with E-state index >= 15 is 0 Å². The lowest BCUT2D eigenvalue weighted by Gasteiger charge is -2.31. The first-order valence-corrected chi connectivity index (χ1v) is 8.94. The molecule has 5 nitrogen and oxygen atoms in total. The Kier molecular flexibility index (Phi) is 9.89. The number of halogens is 1. The number of hydrogen-bond donors (Lipinski definition) is 2. The molecule has 1 aromatic carbocycles. The van der Waals surface area contributed by atoms with Crippen molar-refractivity contribution in [2.45, 2.75) is 53.1 Å². The second-order valence-electron chi connectivity index (χ2n) is 7.86. The van der Waals surface area contributed by atoms with Crippen LogP contribution in [0.2, 0.25) is 0 Å². The molecule has 0 bridgehead atoms. The maximum absolute atomic E-state index is 12.5. The molecule has 3 N–H and O–H groups in total. The fraction of sp³-hybridized carbons (Fsp3) is 0.600. The molecule has 0 aliphatic carbocycles. The largest absolute Gasteiger partial charge is 0.346 e. The predicted octanol–water partition coefficient (Wildman–Crippen LogP) is 3.22. The summed E-state index contributed by atoms with van der Waals surface area (Å²) >= 11 is 0. The van der Waals surface area contributed by atoms with Crippen LogP contribution in [-0.2, 0) is 11.3 Å². The number of rotatable bonds is 8. The van der Waals surface area contributed by atoms with E-state index in [1.54, 1.807) is 24.1 Å². The summed E-state index contributed by atoms with van der Waals surface area (Å²) in [5, 5.41) is 3.06. The van der Waals surface area contributed by atoms with Crippen LogP contribution < -0.4 is 11.1 Å². The van der Waals surface area contributed by atoms with Gasteiger partial charge in [0.05, 0.1) is 0 Å². The van der Waals surface area contributed by atoms with Crippen LogP contribution >= 0.6 is 12.4 Å². The zero-order valence-electron chi connectivity index (χ0n) is 16.8. The first-order chi connectivity index (χ1) is 11.6.